The molecule has 1 fully saturated rings. The van der Waals surface area contributed by atoms with Gasteiger partial charge >= 0.3 is 0 Å². The summed E-state index contributed by atoms with van der Waals surface area (Å²) in [6.45, 7) is 0.825. The molecule has 6 nitrogen and oxygen atoms in total. The third-order valence-corrected chi connectivity index (χ3v) is 6.21. The quantitative estimate of drug-likeness (QED) is 0.410. The Kier molecular flexibility index (Phi) is 6.79. The van der Waals surface area contributed by atoms with Gasteiger partial charge in [-0.15, -0.1) is 0 Å². The maximum Gasteiger partial charge on any atom is 0.240 e. The van der Waals surface area contributed by atoms with Crippen LogP contribution in [0.15, 0.2) is 53.7 Å². The number of ether oxygens (including phenoxy) is 2. The second kappa shape index (κ2) is 9.89. The van der Waals surface area contributed by atoms with Crippen molar-refractivity contribution in [1.82, 2.24) is 14.9 Å². The van der Waals surface area contributed by atoms with Gasteiger partial charge in [0, 0.05) is 17.9 Å². The van der Waals surface area contributed by atoms with Gasteiger partial charge in [-0.2, -0.15) is 0 Å². The zero-order chi connectivity index (χ0) is 20.8. The van der Waals surface area contributed by atoms with E-state index in [9.17, 15) is 4.79 Å². The standard InChI is InChI=1S/C23H27N3O3S/c1-28-18-9-6-10-19(15-18)29-13-14-30-23-25-20-11-4-5-12-21(20)26(23)16-22(27)24-17-7-2-3-8-17/h4-6,9-12,15,17H,2-3,7-8,13-14,16H2,1H3,(H,24,27). The summed E-state index contributed by atoms with van der Waals surface area (Å²) in [7, 11) is 1.64. The maximum atomic E-state index is 12.6. The Morgan fingerprint density at radius 3 is 2.80 bits per heavy atom. The minimum Gasteiger partial charge on any atom is -0.497 e. The Morgan fingerprint density at radius 2 is 1.97 bits per heavy atom. The van der Waals surface area contributed by atoms with Crippen molar-refractivity contribution in [1.29, 1.82) is 0 Å². The molecule has 7 heteroatoms. The van der Waals surface area contributed by atoms with E-state index in [1.54, 1.807) is 18.9 Å². The molecule has 2 aromatic carbocycles. The molecule has 1 heterocycles. The molecule has 0 bridgehead atoms. The smallest absolute Gasteiger partial charge is 0.240 e. The number of hydrogen-bond donors (Lipinski definition) is 1. The first-order chi connectivity index (χ1) is 14.7. The molecule has 158 valence electrons. The monoisotopic (exact) mass is 425 g/mol. The van der Waals surface area contributed by atoms with Crippen LogP contribution in [-0.4, -0.2) is 41.0 Å². The number of para-hydroxylation sites is 2. The number of aromatic nitrogens is 2. The number of benzene rings is 2. The summed E-state index contributed by atoms with van der Waals surface area (Å²) in [6, 6.07) is 15.8. The molecule has 0 unspecified atom stereocenters. The van der Waals surface area contributed by atoms with Gasteiger partial charge in [0.1, 0.15) is 18.0 Å². The summed E-state index contributed by atoms with van der Waals surface area (Å²) in [4.78, 5) is 17.4. The molecule has 1 aliphatic carbocycles. The van der Waals surface area contributed by atoms with Crippen LogP contribution in [0.5, 0.6) is 11.5 Å². The molecular formula is C23H27N3O3S. The van der Waals surface area contributed by atoms with Gasteiger partial charge in [-0.1, -0.05) is 42.8 Å². The van der Waals surface area contributed by atoms with Gasteiger partial charge in [-0.05, 0) is 37.1 Å². The fraction of sp³-hybridized carbons (Fsp3) is 0.391. The number of nitrogens with zero attached hydrogens (tertiary/aromatic N) is 2. The Morgan fingerprint density at radius 1 is 1.17 bits per heavy atom. The zero-order valence-corrected chi connectivity index (χ0v) is 18.0. The number of fused-ring (bicyclic) bond motifs is 1. The summed E-state index contributed by atoms with van der Waals surface area (Å²) in [5, 5.41) is 4.02. The topological polar surface area (TPSA) is 65.4 Å². The maximum absolute atomic E-state index is 12.6. The highest BCUT2D eigenvalue weighted by Crippen LogP contribution is 2.25. The van der Waals surface area contributed by atoms with Crippen molar-refractivity contribution >= 4 is 28.7 Å². The van der Waals surface area contributed by atoms with Crippen molar-refractivity contribution in [3.05, 3.63) is 48.5 Å². The van der Waals surface area contributed by atoms with E-state index >= 15 is 0 Å². The lowest BCUT2D eigenvalue weighted by atomic mass is 10.2. The van der Waals surface area contributed by atoms with Crippen molar-refractivity contribution in [3.63, 3.8) is 0 Å². The van der Waals surface area contributed by atoms with E-state index in [0.717, 1.165) is 46.3 Å². The molecule has 1 amide bonds. The normalized spacial score (nSPS) is 14.2. The highest BCUT2D eigenvalue weighted by molar-refractivity contribution is 7.99. The molecule has 3 aromatic rings. The fourth-order valence-electron chi connectivity index (χ4n) is 3.79. The van der Waals surface area contributed by atoms with E-state index in [0.29, 0.717) is 12.6 Å². The van der Waals surface area contributed by atoms with Gasteiger partial charge in [0.2, 0.25) is 5.91 Å². The summed E-state index contributed by atoms with van der Waals surface area (Å²) in [6.07, 6.45) is 4.57. The Labute approximate surface area is 181 Å². The molecule has 1 saturated carbocycles. The van der Waals surface area contributed by atoms with Crippen LogP contribution in [0.3, 0.4) is 0 Å². The number of amides is 1. The van der Waals surface area contributed by atoms with E-state index in [4.69, 9.17) is 14.5 Å². The molecule has 0 radical (unpaired) electrons. The Hall–Kier alpha value is -2.67. The Bertz CT molecular complexity index is 998. The van der Waals surface area contributed by atoms with Gasteiger partial charge in [-0.25, -0.2) is 4.98 Å². The number of thioether (sulfide) groups is 1. The average Bonchev–Trinajstić information content (AvgIpc) is 3.39. The Balaban J connectivity index is 1.39. The first kappa shape index (κ1) is 20.6. The molecule has 1 N–H and O–H groups in total. The second-order valence-corrected chi connectivity index (χ2v) is 8.46. The molecule has 1 aliphatic rings. The first-order valence-electron chi connectivity index (χ1n) is 10.4. The van der Waals surface area contributed by atoms with E-state index in [2.05, 4.69) is 5.32 Å². The van der Waals surface area contributed by atoms with Crippen molar-refractivity contribution in [3.8, 4) is 11.5 Å². The van der Waals surface area contributed by atoms with E-state index < -0.39 is 0 Å². The van der Waals surface area contributed by atoms with E-state index in [-0.39, 0.29) is 12.5 Å². The summed E-state index contributed by atoms with van der Waals surface area (Å²) in [5.74, 6) is 2.33. The lowest BCUT2D eigenvalue weighted by Gasteiger charge is -2.14. The first-order valence-corrected chi connectivity index (χ1v) is 11.4. The molecule has 1 aromatic heterocycles. The fourth-order valence-corrected chi connectivity index (χ4v) is 4.62. The molecule has 0 spiro atoms. The highest BCUT2D eigenvalue weighted by atomic mass is 32.2. The number of rotatable bonds is 9. The van der Waals surface area contributed by atoms with E-state index in [1.807, 2.05) is 53.1 Å². The third kappa shape index (κ3) is 5.08. The molecular weight excluding hydrogens is 398 g/mol. The second-order valence-electron chi connectivity index (χ2n) is 7.39. The lowest BCUT2D eigenvalue weighted by molar-refractivity contribution is -0.122. The van der Waals surface area contributed by atoms with E-state index in [1.165, 1.54) is 12.8 Å². The number of imidazole rings is 1. The molecule has 0 aliphatic heterocycles. The van der Waals surface area contributed by atoms with Gasteiger partial charge < -0.3 is 19.4 Å². The van der Waals surface area contributed by atoms with Gasteiger partial charge in [-0.3, -0.25) is 4.79 Å². The number of methoxy groups -OCH3 is 1. The largest absolute Gasteiger partial charge is 0.497 e. The zero-order valence-electron chi connectivity index (χ0n) is 17.2. The van der Waals surface area contributed by atoms with Crippen molar-refractivity contribution in [2.45, 2.75) is 43.4 Å². The minimum absolute atomic E-state index is 0.0551. The van der Waals surface area contributed by atoms with Gasteiger partial charge in [0.15, 0.2) is 5.16 Å². The number of carbonyl (C=O) groups excluding carboxylic acids is 1. The van der Waals surface area contributed by atoms with Crippen LogP contribution in [-0.2, 0) is 11.3 Å². The highest BCUT2D eigenvalue weighted by Gasteiger charge is 2.19. The molecule has 4 rings (SSSR count). The average molecular weight is 426 g/mol. The van der Waals surface area contributed by atoms with Gasteiger partial charge in [0.05, 0.1) is 24.8 Å². The van der Waals surface area contributed by atoms with Crippen LogP contribution in [0.4, 0.5) is 0 Å². The third-order valence-electron chi connectivity index (χ3n) is 5.27. The van der Waals surface area contributed by atoms with Crippen molar-refractivity contribution in [2.75, 3.05) is 19.5 Å². The van der Waals surface area contributed by atoms with Crippen LogP contribution in [0.2, 0.25) is 0 Å². The van der Waals surface area contributed by atoms with Crippen LogP contribution in [0, 0.1) is 0 Å². The summed E-state index contributed by atoms with van der Waals surface area (Å²) >= 11 is 1.60. The van der Waals surface area contributed by atoms with Crippen molar-refractivity contribution in [2.24, 2.45) is 0 Å². The SMILES string of the molecule is COc1cccc(OCCSc2nc3ccccc3n2CC(=O)NC2CCCC2)c1. The van der Waals surface area contributed by atoms with Crippen molar-refractivity contribution < 1.29 is 14.3 Å². The van der Waals surface area contributed by atoms with Crippen LogP contribution in [0.1, 0.15) is 25.7 Å². The lowest BCUT2D eigenvalue weighted by Crippen LogP contribution is -2.35. The minimum atomic E-state index is 0.0551. The molecule has 0 atom stereocenters. The molecule has 0 saturated heterocycles. The molecule has 30 heavy (non-hydrogen) atoms. The van der Waals surface area contributed by atoms with Gasteiger partial charge in [0.25, 0.3) is 0 Å². The van der Waals surface area contributed by atoms with Crippen LogP contribution in [0.25, 0.3) is 11.0 Å². The summed E-state index contributed by atoms with van der Waals surface area (Å²) < 4.78 is 13.1. The predicted molar refractivity (Wildman–Crippen MR) is 119 cm³/mol. The predicted octanol–water partition coefficient (Wildman–Crippen LogP) is 4.27. The van der Waals surface area contributed by atoms with Crippen LogP contribution >= 0.6 is 11.8 Å². The number of nitrogens with one attached hydrogen (secondary N) is 1. The number of carbonyl (C=O) groups is 1. The summed E-state index contributed by atoms with van der Waals surface area (Å²) in [5.41, 5.74) is 1.89. The van der Waals surface area contributed by atoms with Crippen LogP contribution < -0.4 is 14.8 Å². The number of hydrogen-bond acceptors (Lipinski definition) is 5.